The summed E-state index contributed by atoms with van der Waals surface area (Å²) in [4.78, 5) is 7.22. The second-order valence-corrected chi connectivity index (χ2v) is 5.63. The molecule has 0 unspecified atom stereocenters. The van der Waals surface area contributed by atoms with Gasteiger partial charge in [0.1, 0.15) is 0 Å². The molecule has 0 aliphatic heterocycles. The lowest BCUT2D eigenvalue weighted by Gasteiger charge is -2.16. The van der Waals surface area contributed by atoms with Gasteiger partial charge in [-0.2, -0.15) is 0 Å². The minimum absolute atomic E-state index is 0.747. The standard InChI is InChI=1S/C12H21N2Si/c1-3-10-13-15(14-11-4-2)12-8-6-5-7-9-12/h5-9,13-14H,3-4,10-11H2,1-2H3. The molecule has 0 bridgehead atoms. The van der Waals surface area contributed by atoms with E-state index < -0.39 is 9.12 Å². The summed E-state index contributed by atoms with van der Waals surface area (Å²) in [6.07, 6.45) is 2.38. The van der Waals surface area contributed by atoms with E-state index in [2.05, 4.69) is 54.1 Å². The molecule has 0 saturated heterocycles. The lowest BCUT2D eigenvalue weighted by Crippen LogP contribution is -2.56. The first-order chi connectivity index (χ1) is 7.38. The van der Waals surface area contributed by atoms with Gasteiger partial charge in [-0.25, -0.2) is 0 Å². The molecular formula is C12H21N2Si. The predicted molar refractivity (Wildman–Crippen MR) is 68.4 cm³/mol. The number of nitrogens with one attached hydrogen (secondary N) is 2. The Kier molecular flexibility index (Phi) is 6.32. The van der Waals surface area contributed by atoms with Gasteiger partial charge in [0.2, 0.25) is 0 Å². The molecule has 0 saturated carbocycles. The summed E-state index contributed by atoms with van der Waals surface area (Å²) in [5.74, 6) is 0. The summed E-state index contributed by atoms with van der Waals surface area (Å²) in [7, 11) is -0.747. The molecule has 1 rings (SSSR count). The quantitative estimate of drug-likeness (QED) is 0.680. The fraction of sp³-hybridized carbons (Fsp3) is 0.500. The topological polar surface area (TPSA) is 24.1 Å². The van der Waals surface area contributed by atoms with Gasteiger partial charge in [0.15, 0.2) is 0 Å². The van der Waals surface area contributed by atoms with Gasteiger partial charge in [-0.05, 0) is 31.1 Å². The van der Waals surface area contributed by atoms with Crippen LogP contribution in [-0.2, 0) is 0 Å². The molecule has 1 aromatic carbocycles. The molecule has 15 heavy (non-hydrogen) atoms. The normalized spacial score (nSPS) is 10.9. The summed E-state index contributed by atoms with van der Waals surface area (Å²) in [5, 5.41) is 1.42. The molecule has 1 aromatic rings. The van der Waals surface area contributed by atoms with Gasteiger partial charge in [-0.15, -0.1) is 0 Å². The molecule has 0 aromatic heterocycles. The van der Waals surface area contributed by atoms with Crippen molar-refractivity contribution in [3.8, 4) is 0 Å². The lowest BCUT2D eigenvalue weighted by atomic mass is 10.4. The van der Waals surface area contributed by atoms with Crippen LogP contribution in [0.5, 0.6) is 0 Å². The van der Waals surface area contributed by atoms with Gasteiger partial charge in [0, 0.05) is 0 Å². The Morgan fingerprint density at radius 3 is 1.93 bits per heavy atom. The largest absolute Gasteiger partial charge is 0.322 e. The second kappa shape index (κ2) is 7.62. The van der Waals surface area contributed by atoms with Crippen molar-refractivity contribution in [2.45, 2.75) is 26.7 Å². The van der Waals surface area contributed by atoms with E-state index in [9.17, 15) is 0 Å². The zero-order valence-corrected chi connectivity index (χ0v) is 10.7. The number of benzene rings is 1. The molecule has 2 N–H and O–H groups in total. The lowest BCUT2D eigenvalue weighted by molar-refractivity contribution is 0.797. The van der Waals surface area contributed by atoms with Crippen LogP contribution in [0.4, 0.5) is 0 Å². The average molecular weight is 221 g/mol. The Balaban J connectivity index is 2.55. The maximum atomic E-state index is 3.61. The minimum Gasteiger partial charge on any atom is -0.322 e. The third-order valence-electron chi connectivity index (χ3n) is 2.17. The highest BCUT2D eigenvalue weighted by atomic mass is 28.3. The number of hydrogen-bond donors (Lipinski definition) is 2. The third kappa shape index (κ3) is 4.60. The summed E-state index contributed by atoms with van der Waals surface area (Å²) in [5.41, 5.74) is 0. The molecule has 0 amide bonds. The van der Waals surface area contributed by atoms with Crippen LogP contribution in [-0.4, -0.2) is 22.2 Å². The third-order valence-corrected chi connectivity index (χ3v) is 4.28. The second-order valence-electron chi connectivity index (χ2n) is 3.59. The monoisotopic (exact) mass is 221 g/mol. The van der Waals surface area contributed by atoms with Crippen molar-refractivity contribution in [1.29, 1.82) is 0 Å². The molecule has 2 nitrogen and oxygen atoms in total. The molecule has 83 valence electrons. The van der Waals surface area contributed by atoms with Crippen LogP contribution >= 0.6 is 0 Å². The predicted octanol–water partition coefficient (Wildman–Crippen LogP) is 1.38. The van der Waals surface area contributed by atoms with Crippen molar-refractivity contribution < 1.29 is 0 Å². The molecule has 0 fully saturated rings. The van der Waals surface area contributed by atoms with Gasteiger partial charge >= 0.3 is 0 Å². The molecule has 0 heterocycles. The first-order valence-corrected chi connectivity index (χ1v) is 7.28. The number of hydrogen-bond acceptors (Lipinski definition) is 2. The van der Waals surface area contributed by atoms with E-state index in [0.29, 0.717) is 0 Å². The van der Waals surface area contributed by atoms with Gasteiger partial charge in [-0.1, -0.05) is 44.2 Å². The van der Waals surface area contributed by atoms with Crippen molar-refractivity contribution in [2.75, 3.05) is 13.1 Å². The van der Waals surface area contributed by atoms with Crippen molar-refractivity contribution >= 4 is 14.3 Å². The molecule has 0 atom stereocenters. The summed E-state index contributed by atoms with van der Waals surface area (Å²) in [6.45, 7) is 6.61. The highest BCUT2D eigenvalue weighted by Gasteiger charge is 2.12. The van der Waals surface area contributed by atoms with E-state index in [1.54, 1.807) is 0 Å². The van der Waals surface area contributed by atoms with Crippen molar-refractivity contribution in [3.63, 3.8) is 0 Å². The SMILES string of the molecule is CCCN[Si](NCCC)c1ccccc1. The van der Waals surface area contributed by atoms with Crippen molar-refractivity contribution in [2.24, 2.45) is 0 Å². The average Bonchev–Trinajstić information content (AvgIpc) is 2.30. The maximum Gasteiger partial charge on any atom is 0.261 e. The summed E-state index contributed by atoms with van der Waals surface area (Å²) >= 11 is 0. The zero-order chi connectivity index (χ0) is 10.9. The molecule has 0 aliphatic rings. The van der Waals surface area contributed by atoms with Crippen LogP contribution < -0.4 is 15.2 Å². The van der Waals surface area contributed by atoms with Gasteiger partial charge in [0.25, 0.3) is 9.12 Å². The van der Waals surface area contributed by atoms with Crippen LogP contribution in [0.2, 0.25) is 0 Å². The Hall–Kier alpha value is -0.643. The fourth-order valence-electron chi connectivity index (χ4n) is 1.37. The summed E-state index contributed by atoms with van der Waals surface area (Å²) < 4.78 is 0. The minimum atomic E-state index is -0.747. The molecule has 3 heteroatoms. The Morgan fingerprint density at radius 1 is 0.933 bits per heavy atom. The molecule has 1 radical (unpaired) electrons. The van der Waals surface area contributed by atoms with Crippen molar-refractivity contribution in [3.05, 3.63) is 30.3 Å². The van der Waals surface area contributed by atoms with Crippen LogP contribution in [0.15, 0.2) is 30.3 Å². The first kappa shape index (κ1) is 12.4. The van der Waals surface area contributed by atoms with E-state index in [1.165, 1.54) is 18.0 Å². The van der Waals surface area contributed by atoms with E-state index in [0.717, 1.165) is 13.1 Å². The van der Waals surface area contributed by atoms with E-state index in [4.69, 9.17) is 0 Å². The van der Waals surface area contributed by atoms with Crippen LogP contribution in [0.3, 0.4) is 0 Å². The van der Waals surface area contributed by atoms with Crippen LogP contribution in [0, 0.1) is 0 Å². The Bertz CT molecular complexity index is 243. The molecule has 0 aliphatic carbocycles. The molecular weight excluding hydrogens is 200 g/mol. The highest BCUT2D eigenvalue weighted by Crippen LogP contribution is 1.85. The Morgan fingerprint density at radius 2 is 1.47 bits per heavy atom. The van der Waals surface area contributed by atoms with Gasteiger partial charge < -0.3 is 9.96 Å². The summed E-state index contributed by atoms with van der Waals surface area (Å²) in [6, 6.07) is 10.7. The molecule has 0 spiro atoms. The van der Waals surface area contributed by atoms with E-state index >= 15 is 0 Å². The fourth-order valence-corrected chi connectivity index (χ4v) is 3.43. The number of rotatable bonds is 7. The van der Waals surface area contributed by atoms with E-state index in [-0.39, 0.29) is 0 Å². The maximum absolute atomic E-state index is 3.61. The van der Waals surface area contributed by atoms with E-state index in [1.807, 2.05) is 0 Å². The zero-order valence-electron chi connectivity index (χ0n) is 9.72. The highest BCUT2D eigenvalue weighted by molar-refractivity contribution is 6.68. The van der Waals surface area contributed by atoms with Gasteiger partial charge in [-0.3, -0.25) is 0 Å². The first-order valence-electron chi connectivity index (χ1n) is 5.78. The van der Waals surface area contributed by atoms with Crippen LogP contribution in [0.25, 0.3) is 0 Å². The smallest absolute Gasteiger partial charge is 0.261 e. The Labute approximate surface area is 94.9 Å². The van der Waals surface area contributed by atoms with Crippen molar-refractivity contribution in [1.82, 2.24) is 9.96 Å². The van der Waals surface area contributed by atoms with Crippen LogP contribution in [0.1, 0.15) is 26.7 Å². The van der Waals surface area contributed by atoms with Gasteiger partial charge in [0.05, 0.1) is 0 Å².